The molecule has 0 radical (unpaired) electrons. The van der Waals surface area contributed by atoms with Crippen LogP contribution in [0.1, 0.15) is 28.9 Å². The Morgan fingerprint density at radius 3 is 3.04 bits per heavy atom. The molecule has 6 heteroatoms. The van der Waals surface area contributed by atoms with Gasteiger partial charge in [0, 0.05) is 25.1 Å². The van der Waals surface area contributed by atoms with Crippen LogP contribution in [0.4, 0.5) is 0 Å². The Morgan fingerprint density at radius 1 is 1.35 bits per heavy atom. The molecule has 0 aromatic carbocycles. The first-order valence-corrected chi connectivity index (χ1v) is 7.94. The van der Waals surface area contributed by atoms with Crippen molar-refractivity contribution in [2.45, 2.75) is 32.4 Å². The first-order valence-electron chi connectivity index (χ1n) is 7.94. The average Bonchev–Trinajstić information content (AvgIpc) is 3.26. The van der Waals surface area contributed by atoms with E-state index in [-0.39, 0.29) is 11.9 Å². The van der Waals surface area contributed by atoms with Crippen LogP contribution in [0.5, 0.6) is 0 Å². The van der Waals surface area contributed by atoms with Crippen molar-refractivity contribution in [1.82, 2.24) is 24.1 Å². The van der Waals surface area contributed by atoms with E-state index in [0.29, 0.717) is 5.69 Å². The van der Waals surface area contributed by atoms with E-state index in [4.69, 9.17) is 0 Å². The minimum atomic E-state index is 0.0140. The summed E-state index contributed by atoms with van der Waals surface area (Å²) in [5.41, 5.74) is 2.45. The van der Waals surface area contributed by atoms with Gasteiger partial charge in [-0.3, -0.25) is 9.48 Å². The van der Waals surface area contributed by atoms with Crippen molar-refractivity contribution in [2.24, 2.45) is 0 Å². The normalized spacial score (nSPS) is 18.0. The first-order chi connectivity index (χ1) is 11.2. The van der Waals surface area contributed by atoms with E-state index in [9.17, 15) is 4.79 Å². The molecule has 4 heterocycles. The molecule has 1 saturated heterocycles. The maximum absolute atomic E-state index is 12.8. The van der Waals surface area contributed by atoms with Crippen LogP contribution in [0.25, 0.3) is 5.65 Å². The lowest BCUT2D eigenvalue weighted by molar-refractivity contribution is 0.0716. The van der Waals surface area contributed by atoms with Gasteiger partial charge in [0.1, 0.15) is 11.3 Å². The molecule has 1 atom stereocenters. The molecule has 0 bridgehead atoms. The highest BCUT2D eigenvalue weighted by atomic mass is 16.2. The van der Waals surface area contributed by atoms with Crippen LogP contribution in [0.3, 0.4) is 0 Å². The number of hydrogen-bond acceptors (Lipinski definition) is 3. The lowest BCUT2D eigenvalue weighted by atomic mass is 10.2. The maximum Gasteiger partial charge on any atom is 0.274 e. The van der Waals surface area contributed by atoms with Gasteiger partial charge in [-0.25, -0.2) is 4.98 Å². The van der Waals surface area contributed by atoms with Gasteiger partial charge in [-0.2, -0.15) is 5.10 Å². The van der Waals surface area contributed by atoms with Crippen molar-refractivity contribution in [1.29, 1.82) is 0 Å². The molecular weight excluding hydrogens is 290 g/mol. The van der Waals surface area contributed by atoms with E-state index in [1.54, 1.807) is 0 Å². The molecule has 1 amide bonds. The predicted octanol–water partition coefficient (Wildman–Crippen LogP) is 2.14. The zero-order valence-electron chi connectivity index (χ0n) is 13.1. The maximum atomic E-state index is 12.8. The topological polar surface area (TPSA) is 55.4 Å². The fraction of sp³-hybridized carbons (Fsp3) is 0.353. The Hall–Kier alpha value is -2.63. The van der Waals surface area contributed by atoms with Gasteiger partial charge in [0.15, 0.2) is 0 Å². The van der Waals surface area contributed by atoms with E-state index >= 15 is 0 Å². The second-order valence-corrected chi connectivity index (χ2v) is 6.13. The summed E-state index contributed by atoms with van der Waals surface area (Å²) in [5, 5.41) is 4.34. The van der Waals surface area contributed by atoms with E-state index in [1.165, 1.54) is 0 Å². The number of aromatic nitrogens is 4. The van der Waals surface area contributed by atoms with Gasteiger partial charge in [-0.15, -0.1) is 0 Å². The van der Waals surface area contributed by atoms with Gasteiger partial charge < -0.3 is 9.30 Å². The Balaban J connectivity index is 1.56. The fourth-order valence-corrected chi connectivity index (χ4v) is 3.26. The van der Waals surface area contributed by atoms with Crippen LogP contribution in [0.15, 0.2) is 43.0 Å². The number of aryl methyl sites for hydroxylation is 1. The van der Waals surface area contributed by atoms with Crippen molar-refractivity contribution in [2.75, 3.05) is 6.54 Å². The van der Waals surface area contributed by atoms with Crippen LogP contribution in [0, 0.1) is 6.92 Å². The van der Waals surface area contributed by atoms with Gasteiger partial charge in [-0.05, 0) is 37.5 Å². The number of likely N-dealkylation sites (tertiary alicyclic amines) is 1. The summed E-state index contributed by atoms with van der Waals surface area (Å²) in [4.78, 5) is 19.2. The highest BCUT2D eigenvalue weighted by molar-refractivity contribution is 5.93. The van der Waals surface area contributed by atoms with Crippen molar-refractivity contribution >= 4 is 11.6 Å². The highest BCUT2D eigenvalue weighted by Crippen LogP contribution is 2.21. The minimum absolute atomic E-state index is 0.0140. The summed E-state index contributed by atoms with van der Waals surface area (Å²) in [7, 11) is 0. The Bertz CT molecular complexity index is 816. The van der Waals surface area contributed by atoms with E-state index in [2.05, 4.69) is 10.1 Å². The second kappa shape index (κ2) is 5.53. The Labute approximate surface area is 134 Å². The van der Waals surface area contributed by atoms with Gasteiger partial charge in [0.25, 0.3) is 5.91 Å². The lowest BCUT2D eigenvalue weighted by Crippen LogP contribution is -2.38. The number of carbonyl (C=O) groups excluding carboxylic acids is 1. The first kappa shape index (κ1) is 14.0. The minimum Gasteiger partial charge on any atom is -0.332 e. The van der Waals surface area contributed by atoms with Gasteiger partial charge in [-0.1, -0.05) is 6.07 Å². The number of carbonyl (C=O) groups is 1. The number of fused-ring (bicyclic) bond motifs is 1. The smallest absolute Gasteiger partial charge is 0.274 e. The molecule has 0 aliphatic carbocycles. The lowest BCUT2D eigenvalue weighted by Gasteiger charge is -2.23. The Morgan fingerprint density at radius 2 is 2.26 bits per heavy atom. The number of amides is 1. The molecule has 0 N–H and O–H groups in total. The number of nitrogens with zero attached hydrogens (tertiary/aromatic N) is 5. The standard InChI is InChI=1S/C17H19N5O/c1-13-9-18-21(10-13)11-14-5-4-8-22(14)17(23)15-12-20-7-3-2-6-16(20)19-15/h2-3,6-7,9-10,12,14H,4-5,8,11H2,1H3/t14-/m0/s1. The van der Waals surface area contributed by atoms with Crippen molar-refractivity contribution in [3.63, 3.8) is 0 Å². The summed E-state index contributed by atoms with van der Waals surface area (Å²) >= 11 is 0. The molecule has 0 unspecified atom stereocenters. The predicted molar refractivity (Wildman–Crippen MR) is 86.2 cm³/mol. The third-order valence-corrected chi connectivity index (χ3v) is 4.38. The van der Waals surface area contributed by atoms with Crippen molar-refractivity contribution in [3.8, 4) is 0 Å². The summed E-state index contributed by atoms with van der Waals surface area (Å²) in [6.45, 7) is 3.56. The molecule has 23 heavy (non-hydrogen) atoms. The molecule has 3 aromatic rings. The summed E-state index contributed by atoms with van der Waals surface area (Å²) < 4.78 is 3.81. The van der Waals surface area contributed by atoms with E-state index < -0.39 is 0 Å². The number of rotatable bonds is 3. The van der Waals surface area contributed by atoms with Gasteiger partial charge >= 0.3 is 0 Å². The van der Waals surface area contributed by atoms with E-state index in [1.807, 2.05) is 63.9 Å². The van der Waals surface area contributed by atoms with E-state index in [0.717, 1.165) is 37.1 Å². The Kier molecular flexibility index (Phi) is 3.37. The second-order valence-electron chi connectivity index (χ2n) is 6.13. The number of hydrogen-bond donors (Lipinski definition) is 0. The fourth-order valence-electron chi connectivity index (χ4n) is 3.26. The zero-order valence-corrected chi connectivity index (χ0v) is 13.1. The summed E-state index contributed by atoms with van der Waals surface area (Å²) in [5.74, 6) is 0.0140. The van der Waals surface area contributed by atoms with Crippen LogP contribution in [-0.4, -0.2) is 42.6 Å². The van der Waals surface area contributed by atoms with Crippen LogP contribution in [0.2, 0.25) is 0 Å². The van der Waals surface area contributed by atoms with Gasteiger partial charge in [0.05, 0.1) is 18.8 Å². The molecule has 3 aromatic heterocycles. The largest absolute Gasteiger partial charge is 0.332 e. The summed E-state index contributed by atoms with van der Waals surface area (Å²) in [6, 6.07) is 5.95. The summed E-state index contributed by atoms with van der Waals surface area (Å²) in [6.07, 6.45) is 9.63. The highest BCUT2D eigenvalue weighted by Gasteiger charge is 2.31. The quantitative estimate of drug-likeness (QED) is 0.745. The molecular formula is C17H19N5O. The molecule has 0 spiro atoms. The molecule has 1 fully saturated rings. The van der Waals surface area contributed by atoms with Crippen LogP contribution >= 0.6 is 0 Å². The monoisotopic (exact) mass is 309 g/mol. The average molecular weight is 309 g/mol. The van der Waals surface area contributed by atoms with Crippen LogP contribution in [-0.2, 0) is 6.54 Å². The zero-order chi connectivity index (χ0) is 15.8. The molecule has 6 nitrogen and oxygen atoms in total. The van der Waals surface area contributed by atoms with Gasteiger partial charge in [0.2, 0.25) is 0 Å². The van der Waals surface area contributed by atoms with Crippen LogP contribution < -0.4 is 0 Å². The third-order valence-electron chi connectivity index (χ3n) is 4.38. The number of imidazole rings is 1. The molecule has 1 aliphatic rings. The molecule has 1 aliphatic heterocycles. The third kappa shape index (κ3) is 2.60. The van der Waals surface area contributed by atoms with Crippen molar-refractivity contribution in [3.05, 3.63) is 54.2 Å². The molecule has 0 saturated carbocycles. The molecule has 4 rings (SSSR count). The number of pyridine rings is 1. The molecule has 118 valence electrons. The van der Waals surface area contributed by atoms with Crippen molar-refractivity contribution < 1.29 is 4.79 Å². The SMILES string of the molecule is Cc1cnn(C[C@@H]2CCCN2C(=O)c2cn3ccccc3n2)c1.